The number of likely N-dealkylation sites (N-methyl/N-ethyl adjacent to an activating group) is 1. The summed E-state index contributed by atoms with van der Waals surface area (Å²) in [5.41, 5.74) is 0.878. The first kappa shape index (κ1) is 17.3. The summed E-state index contributed by atoms with van der Waals surface area (Å²) in [7, 11) is 1.98. The number of nitrogens with zero attached hydrogens (tertiary/aromatic N) is 1. The van der Waals surface area contributed by atoms with Crippen molar-refractivity contribution in [3.8, 4) is 0 Å². The van der Waals surface area contributed by atoms with Gasteiger partial charge in [0.25, 0.3) is 0 Å². The predicted molar refractivity (Wildman–Crippen MR) is 86.6 cm³/mol. The maximum Gasteiger partial charge on any atom is 0.314 e. The molecular weight excluding hydrogens is 266 g/mol. The molecule has 0 saturated carbocycles. The molecule has 21 heavy (non-hydrogen) atoms. The standard InChI is InChI=1S/C16H27N3O2/c1-16(2,3)14(20)12-18-15(21)17-10-11-19(4)13-8-6-5-7-9-13/h5-9,14,20H,10-12H2,1-4H3,(H2,17,18,21). The number of aliphatic hydroxyl groups excluding tert-OH is 1. The summed E-state index contributed by atoms with van der Waals surface area (Å²) < 4.78 is 0. The zero-order valence-electron chi connectivity index (χ0n) is 13.4. The van der Waals surface area contributed by atoms with Gasteiger partial charge < -0.3 is 20.6 Å². The van der Waals surface area contributed by atoms with Gasteiger partial charge in [0.15, 0.2) is 0 Å². The Morgan fingerprint density at radius 3 is 2.43 bits per heavy atom. The van der Waals surface area contributed by atoms with E-state index in [9.17, 15) is 9.90 Å². The highest BCUT2D eigenvalue weighted by Gasteiger charge is 2.22. The molecule has 0 heterocycles. The van der Waals surface area contributed by atoms with Crippen LogP contribution in [0, 0.1) is 5.41 Å². The summed E-state index contributed by atoms with van der Waals surface area (Å²) in [6, 6.07) is 9.75. The van der Waals surface area contributed by atoms with Crippen LogP contribution in [-0.4, -0.2) is 43.9 Å². The van der Waals surface area contributed by atoms with E-state index in [0.717, 1.165) is 12.2 Å². The van der Waals surface area contributed by atoms with Crippen LogP contribution < -0.4 is 15.5 Å². The third-order valence-electron chi connectivity index (χ3n) is 3.39. The van der Waals surface area contributed by atoms with Gasteiger partial charge in [-0.2, -0.15) is 0 Å². The molecule has 118 valence electrons. The number of nitrogens with one attached hydrogen (secondary N) is 2. The fraction of sp³-hybridized carbons (Fsp3) is 0.562. The van der Waals surface area contributed by atoms with E-state index in [4.69, 9.17) is 0 Å². The number of anilines is 1. The first-order valence-corrected chi connectivity index (χ1v) is 7.26. The largest absolute Gasteiger partial charge is 0.391 e. The van der Waals surface area contributed by atoms with Crippen LogP contribution in [0.15, 0.2) is 30.3 Å². The van der Waals surface area contributed by atoms with Crippen molar-refractivity contribution < 1.29 is 9.90 Å². The van der Waals surface area contributed by atoms with Crippen LogP contribution in [0.3, 0.4) is 0 Å². The summed E-state index contributed by atoms with van der Waals surface area (Å²) in [5, 5.41) is 15.3. The third kappa shape index (κ3) is 6.49. The normalized spacial score (nSPS) is 12.6. The van der Waals surface area contributed by atoms with E-state index >= 15 is 0 Å². The summed E-state index contributed by atoms with van der Waals surface area (Å²) in [5.74, 6) is 0. The van der Waals surface area contributed by atoms with E-state index in [-0.39, 0.29) is 18.0 Å². The zero-order valence-corrected chi connectivity index (χ0v) is 13.4. The Labute approximate surface area is 127 Å². The average molecular weight is 293 g/mol. The SMILES string of the molecule is CN(CCNC(=O)NCC(O)C(C)(C)C)c1ccccc1. The molecule has 1 aromatic rings. The molecule has 0 radical (unpaired) electrons. The van der Waals surface area contributed by atoms with E-state index in [1.54, 1.807) is 0 Å². The second kappa shape index (κ2) is 7.88. The monoisotopic (exact) mass is 293 g/mol. The number of para-hydroxylation sites is 1. The molecule has 0 saturated heterocycles. The number of benzene rings is 1. The maximum atomic E-state index is 11.6. The van der Waals surface area contributed by atoms with Gasteiger partial charge in [-0.3, -0.25) is 0 Å². The van der Waals surface area contributed by atoms with Crippen LogP contribution in [0.25, 0.3) is 0 Å². The smallest absolute Gasteiger partial charge is 0.314 e. The number of carbonyl (C=O) groups excluding carboxylic acids is 1. The van der Waals surface area contributed by atoms with Gasteiger partial charge in [-0.15, -0.1) is 0 Å². The van der Waals surface area contributed by atoms with Gasteiger partial charge in [0.1, 0.15) is 0 Å². The maximum absolute atomic E-state index is 11.6. The minimum absolute atomic E-state index is 0.235. The Balaban J connectivity index is 2.22. The molecule has 1 atom stereocenters. The predicted octanol–water partition coefficient (Wildman–Crippen LogP) is 1.83. The fourth-order valence-corrected chi connectivity index (χ4v) is 1.71. The molecule has 5 nitrogen and oxygen atoms in total. The molecule has 0 aliphatic carbocycles. The van der Waals surface area contributed by atoms with Gasteiger partial charge in [0.05, 0.1) is 6.10 Å². The lowest BCUT2D eigenvalue weighted by Crippen LogP contribution is -2.45. The molecule has 1 unspecified atom stereocenters. The summed E-state index contributed by atoms with van der Waals surface area (Å²) in [6.45, 7) is 7.33. The molecule has 5 heteroatoms. The molecule has 0 spiro atoms. The molecule has 0 fully saturated rings. The van der Waals surface area contributed by atoms with Gasteiger partial charge in [0, 0.05) is 32.4 Å². The van der Waals surface area contributed by atoms with Crippen molar-refractivity contribution in [3.63, 3.8) is 0 Å². The molecule has 1 aromatic carbocycles. The average Bonchev–Trinajstić information content (AvgIpc) is 2.44. The van der Waals surface area contributed by atoms with Gasteiger partial charge >= 0.3 is 6.03 Å². The van der Waals surface area contributed by atoms with Gasteiger partial charge in [-0.05, 0) is 17.5 Å². The Morgan fingerprint density at radius 2 is 1.86 bits per heavy atom. The molecular formula is C16H27N3O2. The van der Waals surface area contributed by atoms with Crippen LogP contribution in [0.4, 0.5) is 10.5 Å². The van der Waals surface area contributed by atoms with Crippen molar-refractivity contribution in [2.75, 3.05) is 31.6 Å². The number of carbonyl (C=O) groups is 1. The van der Waals surface area contributed by atoms with Crippen LogP contribution in [-0.2, 0) is 0 Å². The van der Waals surface area contributed by atoms with Crippen molar-refractivity contribution in [3.05, 3.63) is 30.3 Å². The van der Waals surface area contributed by atoms with E-state index in [1.165, 1.54) is 0 Å². The van der Waals surface area contributed by atoms with Crippen molar-refractivity contribution >= 4 is 11.7 Å². The van der Waals surface area contributed by atoms with E-state index in [2.05, 4.69) is 15.5 Å². The lowest BCUT2D eigenvalue weighted by atomic mass is 9.89. The minimum Gasteiger partial charge on any atom is -0.391 e. The Bertz CT molecular complexity index is 429. The highest BCUT2D eigenvalue weighted by atomic mass is 16.3. The Morgan fingerprint density at radius 1 is 1.24 bits per heavy atom. The van der Waals surface area contributed by atoms with Crippen LogP contribution in [0.5, 0.6) is 0 Å². The Kier molecular flexibility index (Phi) is 6.49. The molecule has 1 rings (SSSR count). The number of amides is 2. The van der Waals surface area contributed by atoms with Crippen LogP contribution >= 0.6 is 0 Å². The fourth-order valence-electron chi connectivity index (χ4n) is 1.71. The minimum atomic E-state index is -0.560. The quantitative estimate of drug-likeness (QED) is 0.750. The van der Waals surface area contributed by atoms with Crippen molar-refractivity contribution in [2.45, 2.75) is 26.9 Å². The van der Waals surface area contributed by atoms with E-state index in [1.807, 2.05) is 58.2 Å². The lowest BCUT2D eigenvalue weighted by molar-refractivity contribution is 0.0650. The second-order valence-corrected chi connectivity index (χ2v) is 6.28. The van der Waals surface area contributed by atoms with Crippen LogP contribution in [0.1, 0.15) is 20.8 Å². The number of urea groups is 1. The number of hydrogen-bond donors (Lipinski definition) is 3. The summed E-state index contributed by atoms with van der Waals surface area (Å²) >= 11 is 0. The number of hydrogen-bond acceptors (Lipinski definition) is 3. The number of aliphatic hydroxyl groups is 1. The summed E-state index contributed by atoms with van der Waals surface area (Å²) in [4.78, 5) is 13.7. The van der Waals surface area contributed by atoms with Crippen molar-refractivity contribution in [2.24, 2.45) is 5.41 Å². The second-order valence-electron chi connectivity index (χ2n) is 6.28. The third-order valence-corrected chi connectivity index (χ3v) is 3.39. The molecule has 0 aliphatic rings. The van der Waals surface area contributed by atoms with Crippen LogP contribution in [0.2, 0.25) is 0 Å². The molecule has 0 aromatic heterocycles. The van der Waals surface area contributed by atoms with Crippen molar-refractivity contribution in [1.29, 1.82) is 0 Å². The van der Waals surface area contributed by atoms with Gasteiger partial charge in [0.2, 0.25) is 0 Å². The van der Waals surface area contributed by atoms with E-state index < -0.39 is 6.10 Å². The lowest BCUT2D eigenvalue weighted by Gasteiger charge is -2.26. The highest BCUT2D eigenvalue weighted by molar-refractivity contribution is 5.73. The molecule has 2 amide bonds. The first-order chi connectivity index (χ1) is 9.80. The van der Waals surface area contributed by atoms with Gasteiger partial charge in [-0.25, -0.2) is 4.79 Å². The zero-order chi connectivity index (χ0) is 15.9. The topological polar surface area (TPSA) is 64.6 Å². The highest BCUT2D eigenvalue weighted by Crippen LogP contribution is 2.17. The number of rotatable bonds is 6. The Hall–Kier alpha value is -1.75. The molecule has 0 bridgehead atoms. The molecule has 0 aliphatic heterocycles. The first-order valence-electron chi connectivity index (χ1n) is 7.26. The van der Waals surface area contributed by atoms with E-state index in [0.29, 0.717) is 6.54 Å². The van der Waals surface area contributed by atoms with Crippen molar-refractivity contribution in [1.82, 2.24) is 10.6 Å². The molecule has 3 N–H and O–H groups in total. The summed E-state index contributed by atoms with van der Waals surface area (Å²) in [6.07, 6.45) is -0.560. The van der Waals surface area contributed by atoms with Gasteiger partial charge in [-0.1, -0.05) is 39.0 Å².